The molecule has 2 aromatic rings. The van der Waals surface area contributed by atoms with Gasteiger partial charge in [-0.25, -0.2) is 5.43 Å². The van der Waals surface area contributed by atoms with E-state index in [1.165, 1.54) is 16.8 Å². The van der Waals surface area contributed by atoms with Crippen LogP contribution in [-0.4, -0.2) is 30.8 Å². The van der Waals surface area contributed by atoms with Crippen molar-refractivity contribution in [2.45, 2.75) is 53.1 Å². The molecule has 0 spiro atoms. The number of nitrogens with one attached hydrogen (secondary N) is 1. The fourth-order valence-corrected chi connectivity index (χ4v) is 4.88. The van der Waals surface area contributed by atoms with Crippen LogP contribution < -0.4 is 15.1 Å². The SMILES string of the molecule is COc1cc(C(=O)N/N=C\c2cc3c(cc2C)N(C(C)C)C(C)(C)C=C3C)ccc1I. The molecule has 0 bridgehead atoms. The third kappa shape index (κ3) is 4.79. The van der Waals surface area contributed by atoms with Crippen LogP contribution >= 0.6 is 22.6 Å². The van der Waals surface area contributed by atoms with Crippen LogP contribution in [0, 0.1) is 10.5 Å². The topological polar surface area (TPSA) is 53.9 Å². The maximum absolute atomic E-state index is 12.5. The normalized spacial score (nSPS) is 15.1. The lowest BCUT2D eigenvalue weighted by atomic mass is 9.86. The average Bonchev–Trinajstić information content (AvgIpc) is 2.68. The number of benzene rings is 2. The molecule has 0 atom stereocenters. The van der Waals surface area contributed by atoms with E-state index in [2.05, 4.69) is 97.8 Å². The molecule has 31 heavy (non-hydrogen) atoms. The number of carbonyl (C=O) groups is 1. The highest BCUT2D eigenvalue weighted by Gasteiger charge is 2.33. The Hall–Kier alpha value is -2.35. The van der Waals surface area contributed by atoms with Crippen LogP contribution in [0.3, 0.4) is 0 Å². The largest absolute Gasteiger partial charge is 0.496 e. The number of allylic oxidation sites excluding steroid dienone is 1. The number of aryl methyl sites for hydroxylation is 1. The molecule has 1 amide bonds. The Morgan fingerprint density at radius 3 is 2.58 bits per heavy atom. The van der Waals surface area contributed by atoms with Crippen molar-refractivity contribution in [2.24, 2.45) is 5.10 Å². The summed E-state index contributed by atoms with van der Waals surface area (Å²) in [4.78, 5) is 14.9. The number of hydrogen-bond acceptors (Lipinski definition) is 4. The molecular weight excluding hydrogens is 501 g/mol. The van der Waals surface area contributed by atoms with E-state index in [0.717, 1.165) is 14.7 Å². The second kappa shape index (κ2) is 9.02. The predicted molar refractivity (Wildman–Crippen MR) is 137 cm³/mol. The number of amides is 1. The quantitative estimate of drug-likeness (QED) is 0.302. The monoisotopic (exact) mass is 531 g/mol. The Labute approximate surface area is 198 Å². The zero-order valence-corrected chi connectivity index (χ0v) is 21.4. The van der Waals surface area contributed by atoms with Gasteiger partial charge in [-0.05, 0) is 111 Å². The van der Waals surface area contributed by atoms with Gasteiger partial charge < -0.3 is 9.64 Å². The molecule has 3 rings (SSSR count). The maximum atomic E-state index is 12.5. The highest BCUT2D eigenvalue weighted by molar-refractivity contribution is 14.1. The number of carbonyl (C=O) groups excluding carboxylic acids is 1. The Balaban J connectivity index is 1.86. The molecule has 0 aliphatic carbocycles. The lowest BCUT2D eigenvalue weighted by Gasteiger charge is -2.46. The summed E-state index contributed by atoms with van der Waals surface area (Å²) in [6, 6.07) is 10.1. The second-order valence-electron chi connectivity index (χ2n) is 8.72. The summed E-state index contributed by atoms with van der Waals surface area (Å²) >= 11 is 2.17. The molecule has 0 fully saturated rings. The number of anilines is 1. The van der Waals surface area contributed by atoms with E-state index in [1.807, 2.05) is 6.07 Å². The molecule has 0 unspecified atom stereocenters. The standard InChI is InChI=1S/C25H30IN3O2/c1-15(2)29-22-10-16(3)19(11-20(22)17(4)13-25(29,5)6)14-27-28-24(30)18-8-9-21(26)23(12-18)31-7/h8-15H,1-7H3,(H,28,30)/b27-14-. The van der Waals surface area contributed by atoms with Crippen LogP contribution in [0.15, 0.2) is 41.5 Å². The fraction of sp³-hybridized carbons (Fsp3) is 0.360. The second-order valence-corrected chi connectivity index (χ2v) is 9.88. The summed E-state index contributed by atoms with van der Waals surface area (Å²) in [5.74, 6) is 0.396. The smallest absolute Gasteiger partial charge is 0.271 e. The summed E-state index contributed by atoms with van der Waals surface area (Å²) in [7, 11) is 1.59. The summed E-state index contributed by atoms with van der Waals surface area (Å²) in [6.07, 6.45) is 4.03. The van der Waals surface area contributed by atoms with Crippen molar-refractivity contribution in [3.63, 3.8) is 0 Å². The van der Waals surface area contributed by atoms with Gasteiger partial charge in [0.05, 0.1) is 22.4 Å². The highest BCUT2D eigenvalue weighted by atomic mass is 127. The minimum Gasteiger partial charge on any atom is -0.496 e. The molecule has 1 aliphatic rings. The van der Waals surface area contributed by atoms with Crippen molar-refractivity contribution >= 4 is 46.0 Å². The summed E-state index contributed by atoms with van der Waals surface area (Å²) in [5.41, 5.74) is 8.87. The van der Waals surface area contributed by atoms with Gasteiger partial charge in [0.15, 0.2) is 0 Å². The molecule has 2 aromatic carbocycles. The third-order valence-electron chi connectivity index (χ3n) is 5.56. The summed E-state index contributed by atoms with van der Waals surface area (Å²) in [5, 5.41) is 4.21. The molecule has 0 saturated heterocycles. The number of halogens is 1. The number of rotatable bonds is 5. The van der Waals surface area contributed by atoms with E-state index in [9.17, 15) is 4.79 Å². The van der Waals surface area contributed by atoms with Crippen LogP contribution in [0.5, 0.6) is 5.75 Å². The molecule has 1 aliphatic heterocycles. The van der Waals surface area contributed by atoms with Crippen molar-refractivity contribution in [1.29, 1.82) is 0 Å². The Kier molecular flexibility index (Phi) is 6.79. The van der Waals surface area contributed by atoms with E-state index in [0.29, 0.717) is 17.4 Å². The van der Waals surface area contributed by atoms with Crippen molar-refractivity contribution in [1.82, 2.24) is 5.43 Å². The predicted octanol–water partition coefficient (Wildman–Crippen LogP) is 5.78. The first-order valence-electron chi connectivity index (χ1n) is 10.4. The number of hydrazone groups is 1. The van der Waals surface area contributed by atoms with Gasteiger partial charge in [-0.3, -0.25) is 4.79 Å². The first-order valence-corrected chi connectivity index (χ1v) is 11.4. The van der Waals surface area contributed by atoms with Crippen molar-refractivity contribution in [2.75, 3.05) is 12.0 Å². The Bertz CT molecular complexity index is 1070. The van der Waals surface area contributed by atoms with Crippen LogP contribution in [0.4, 0.5) is 5.69 Å². The fourth-order valence-electron chi connectivity index (χ4n) is 4.32. The van der Waals surface area contributed by atoms with E-state index in [4.69, 9.17) is 4.74 Å². The van der Waals surface area contributed by atoms with Gasteiger partial charge in [0.2, 0.25) is 0 Å². The lowest BCUT2D eigenvalue weighted by molar-refractivity contribution is 0.0954. The van der Waals surface area contributed by atoms with E-state index in [-0.39, 0.29) is 11.4 Å². The third-order valence-corrected chi connectivity index (χ3v) is 6.45. The first kappa shape index (κ1) is 23.3. The van der Waals surface area contributed by atoms with Crippen molar-refractivity contribution in [3.05, 3.63) is 62.2 Å². The van der Waals surface area contributed by atoms with Crippen molar-refractivity contribution in [3.8, 4) is 5.75 Å². The summed E-state index contributed by atoms with van der Waals surface area (Å²) in [6.45, 7) is 13.2. The van der Waals surface area contributed by atoms with E-state index < -0.39 is 0 Å². The van der Waals surface area contributed by atoms with E-state index >= 15 is 0 Å². The van der Waals surface area contributed by atoms with Crippen LogP contribution in [0.25, 0.3) is 5.57 Å². The number of ether oxygens (including phenoxy) is 1. The van der Waals surface area contributed by atoms with Gasteiger partial charge in [0.1, 0.15) is 5.75 Å². The van der Waals surface area contributed by atoms with Gasteiger partial charge in [-0.1, -0.05) is 6.08 Å². The van der Waals surface area contributed by atoms with Crippen LogP contribution in [0.2, 0.25) is 0 Å². The van der Waals surface area contributed by atoms with Gasteiger partial charge in [0, 0.05) is 22.9 Å². The minimum atomic E-state index is -0.273. The van der Waals surface area contributed by atoms with Gasteiger partial charge in [-0.2, -0.15) is 5.10 Å². The van der Waals surface area contributed by atoms with E-state index in [1.54, 1.807) is 25.5 Å². The molecule has 0 aromatic heterocycles. The summed E-state index contributed by atoms with van der Waals surface area (Å²) < 4.78 is 6.24. The van der Waals surface area contributed by atoms with Crippen LogP contribution in [-0.2, 0) is 0 Å². The molecule has 0 saturated carbocycles. The Morgan fingerprint density at radius 2 is 1.94 bits per heavy atom. The minimum absolute atomic E-state index is 0.0458. The van der Waals surface area contributed by atoms with Gasteiger partial charge in [0.25, 0.3) is 5.91 Å². The number of nitrogens with zero attached hydrogens (tertiary/aromatic N) is 2. The molecular formula is C25H30IN3O2. The first-order chi connectivity index (χ1) is 14.5. The molecule has 5 nitrogen and oxygen atoms in total. The van der Waals surface area contributed by atoms with Gasteiger partial charge >= 0.3 is 0 Å². The molecule has 164 valence electrons. The molecule has 0 radical (unpaired) electrons. The number of hydrogen-bond donors (Lipinski definition) is 1. The molecule has 1 heterocycles. The average molecular weight is 531 g/mol. The van der Waals surface area contributed by atoms with Gasteiger partial charge in [-0.15, -0.1) is 0 Å². The molecule has 6 heteroatoms. The van der Waals surface area contributed by atoms with Crippen molar-refractivity contribution < 1.29 is 9.53 Å². The highest BCUT2D eigenvalue weighted by Crippen LogP contribution is 2.41. The zero-order chi connectivity index (χ0) is 22.9. The number of methoxy groups -OCH3 is 1. The van der Waals surface area contributed by atoms with Crippen LogP contribution in [0.1, 0.15) is 61.7 Å². The lowest BCUT2D eigenvalue weighted by Crippen LogP contribution is -2.49. The maximum Gasteiger partial charge on any atom is 0.271 e. The molecule has 1 N–H and O–H groups in total. The Morgan fingerprint density at radius 1 is 1.23 bits per heavy atom. The zero-order valence-electron chi connectivity index (χ0n) is 19.2. The number of fused-ring (bicyclic) bond motifs is 1.